The summed E-state index contributed by atoms with van der Waals surface area (Å²) >= 11 is 0. The lowest BCUT2D eigenvalue weighted by Gasteiger charge is -2.19. The van der Waals surface area contributed by atoms with E-state index < -0.39 is 18.1 Å². The summed E-state index contributed by atoms with van der Waals surface area (Å²) in [6, 6.07) is 11.3. The fraction of sp³-hybridized carbons (Fsp3) is 0.222. The fourth-order valence-electron chi connectivity index (χ4n) is 2.77. The van der Waals surface area contributed by atoms with Gasteiger partial charge in [-0.15, -0.1) is 0 Å². The molecule has 0 unspecified atom stereocenters. The normalized spacial score (nSPS) is 13.6. The summed E-state index contributed by atoms with van der Waals surface area (Å²) in [6.07, 6.45) is 0.242. The van der Waals surface area contributed by atoms with Crippen molar-refractivity contribution in [2.24, 2.45) is 0 Å². The van der Waals surface area contributed by atoms with Crippen LogP contribution >= 0.6 is 0 Å². The second-order valence-electron chi connectivity index (χ2n) is 5.66. The van der Waals surface area contributed by atoms with Gasteiger partial charge in [0.05, 0.1) is 18.1 Å². The number of aliphatic hydroxyl groups excluding tert-OH is 2. The van der Waals surface area contributed by atoms with E-state index in [4.69, 9.17) is 4.42 Å². The number of carboxylic acid groups (broad SMARTS) is 1. The Morgan fingerprint density at radius 1 is 1.24 bits per heavy atom. The van der Waals surface area contributed by atoms with Crippen molar-refractivity contribution in [2.75, 3.05) is 0 Å². The molecule has 3 rings (SSSR count). The summed E-state index contributed by atoms with van der Waals surface area (Å²) in [6.45, 7) is 1.14. The minimum atomic E-state index is -1.22. The van der Waals surface area contributed by atoms with Crippen LogP contribution < -0.4 is 0 Å². The highest BCUT2D eigenvalue weighted by molar-refractivity contribution is 5.79. The maximum absolute atomic E-state index is 11.7. The zero-order valence-electron chi connectivity index (χ0n) is 13.5. The number of aromatic nitrogens is 2. The van der Waals surface area contributed by atoms with Crippen LogP contribution in [0.15, 0.2) is 53.2 Å². The van der Waals surface area contributed by atoms with Gasteiger partial charge in [0, 0.05) is 5.56 Å². The molecule has 2 heterocycles. The third kappa shape index (κ3) is 3.19. The molecule has 130 valence electrons. The van der Waals surface area contributed by atoms with Crippen LogP contribution in [0.25, 0.3) is 22.7 Å². The van der Waals surface area contributed by atoms with Crippen molar-refractivity contribution in [1.82, 2.24) is 9.55 Å². The molecule has 0 aliphatic heterocycles. The number of aliphatic hydroxyl groups is 2. The van der Waals surface area contributed by atoms with Gasteiger partial charge in [0.2, 0.25) is 0 Å². The molecular formula is C18H18N2O5. The van der Waals surface area contributed by atoms with Gasteiger partial charge >= 0.3 is 5.97 Å². The minimum Gasteiger partial charge on any atom is -0.480 e. The Labute approximate surface area is 143 Å². The van der Waals surface area contributed by atoms with Gasteiger partial charge in [0.15, 0.2) is 11.8 Å². The molecule has 0 aliphatic rings. The molecule has 7 heteroatoms. The minimum absolute atomic E-state index is 0.270. The van der Waals surface area contributed by atoms with Gasteiger partial charge in [-0.05, 0) is 19.1 Å². The SMILES string of the molecule is C[C@H](O)[C@H](C(=O)O)n1cnc(-c2ccccc2)c1-c1ccc(CO)o1. The van der Waals surface area contributed by atoms with Crippen LogP contribution in [0.2, 0.25) is 0 Å². The molecule has 0 bridgehead atoms. The second kappa shape index (κ2) is 6.92. The van der Waals surface area contributed by atoms with Gasteiger partial charge in [-0.3, -0.25) is 0 Å². The van der Waals surface area contributed by atoms with E-state index in [1.165, 1.54) is 17.8 Å². The number of furan rings is 1. The van der Waals surface area contributed by atoms with Gasteiger partial charge < -0.3 is 24.3 Å². The van der Waals surface area contributed by atoms with E-state index in [1.54, 1.807) is 12.1 Å². The van der Waals surface area contributed by atoms with E-state index in [0.717, 1.165) is 5.56 Å². The molecule has 0 fully saturated rings. The maximum atomic E-state index is 11.7. The Kier molecular flexibility index (Phi) is 4.69. The molecule has 3 N–H and O–H groups in total. The maximum Gasteiger partial charge on any atom is 0.329 e. The van der Waals surface area contributed by atoms with Crippen LogP contribution in [0.3, 0.4) is 0 Å². The average Bonchev–Trinajstić information content (AvgIpc) is 3.21. The summed E-state index contributed by atoms with van der Waals surface area (Å²) in [7, 11) is 0. The molecule has 2 aromatic heterocycles. The van der Waals surface area contributed by atoms with Gasteiger partial charge in [0.1, 0.15) is 18.1 Å². The van der Waals surface area contributed by atoms with Crippen LogP contribution in [-0.2, 0) is 11.4 Å². The molecule has 1 aromatic carbocycles. The zero-order chi connectivity index (χ0) is 18.0. The van der Waals surface area contributed by atoms with Crippen LogP contribution in [-0.4, -0.2) is 36.9 Å². The molecule has 0 radical (unpaired) electrons. The lowest BCUT2D eigenvalue weighted by Crippen LogP contribution is -2.29. The molecule has 0 saturated heterocycles. The highest BCUT2D eigenvalue weighted by Crippen LogP contribution is 2.35. The standard InChI is InChI=1S/C18H18N2O5/c1-11(22)16(18(23)24)20-10-19-15(12-5-3-2-4-6-12)17(20)14-8-7-13(9-21)25-14/h2-8,10-11,16,21-22H,9H2,1H3,(H,23,24)/t11-,16+/m0/s1. The number of carboxylic acids is 1. The van der Waals surface area contributed by atoms with Crippen molar-refractivity contribution in [1.29, 1.82) is 0 Å². The van der Waals surface area contributed by atoms with Crippen LogP contribution in [0.4, 0.5) is 0 Å². The predicted molar refractivity (Wildman–Crippen MR) is 89.6 cm³/mol. The van der Waals surface area contributed by atoms with Gasteiger partial charge in [-0.2, -0.15) is 0 Å². The summed E-state index contributed by atoms with van der Waals surface area (Å²) in [5.74, 6) is -0.458. The lowest BCUT2D eigenvalue weighted by molar-refractivity contribution is -0.144. The molecule has 0 spiro atoms. The van der Waals surface area contributed by atoms with Crippen LogP contribution in [0, 0.1) is 0 Å². The fourth-order valence-corrected chi connectivity index (χ4v) is 2.77. The Morgan fingerprint density at radius 3 is 2.52 bits per heavy atom. The number of aliphatic carboxylic acids is 1. The lowest BCUT2D eigenvalue weighted by atomic mass is 10.1. The first-order chi connectivity index (χ1) is 12.0. The first kappa shape index (κ1) is 16.9. The topological polar surface area (TPSA) is 109 Å². The number of imidazole rings is 1. The molecule has 3 aromatic rings. The van der Waals surface area contributed by atoms with E-state index in [2.05, 4.69) is 4.98 Å². The summed E-state index contributed by atoms with van der Waals surface area (Å²) < 4.78 is 6.99. The highest BCUT2D eigenvalue weighted by Gasteiger charge is 2.30. The first-order valence-electron chi connectivity index (χ1n) is 7.76. The van der Waals surface area contributed by atoms with Crippen molar-refractivity contribution in [3.8, 4) is 22.7 Å². The van der Waals surface area contributed by atoms with E-state index in [1.807, 2.05) is 30.3 Å². The monoisotopic (exact) mass is 342 g/mol. The second-order valence-corrected chi connectivity index (χ2v) is 5.66. The van der Waals surface area contributed by atoms with E-state index in [9.17, 15) is 20.1 Å². The summed E-state index contributed by atoms with van der Waals surface area (Å²) in [5.41, 5.74) is 1.75. The van der Waals surface area contributed by atoms with Gasteiger partial charge in [0.25, 0.3) is 0 Å². The largest absolute Gasteiger partial charge is 0.480 e. The zero-order valence-corrected chi connectivity index (χ0v) is 13.5. The smallest absolute Gasteiger partial charge is 0.329 e. The van der Waals surface area contributed by atoms with Gasteiger partial charge in [-0.1, -0.05) is 30.3 Å². The Morgan fingerprint density at radius 2 is 1.96 bits per heavy atom. The number of carbonyl (C=O) groups is 1. The molecule has 7 nitrogen and oxygen atoms in total. The molecular weight excluding hydrogens is 324 g/mol. The quantitative estimate of drug-likeness (QED) is 0.634. The van der Waals surface area contributed by atoms with Crippen molar-refractivity contribution in [3.63, 3.8) is 0 Å². The van der Waals surface area contributed by atoms with Gasteiger partial charge in [-0.25, -0.2) is 9.78 Å². The van der Waals surface area contributed by atoms with Crippen LogP contribution in [0.1, 0.15) is 18.7 Å². The third-order valence-corrected chi connectivity index (χ3v) is 3.90. The van der Waals surface area contributed by atoms with Crippen molar-refractivity contribution >= 4 is 5.97 Å². The van der Waals surface area contributed by atoms with Crippen molar-refractivity contribution in [2.45, 2.75) is 25.7 Å². The number of hydrogen-bond donors (Lipinski definition) is 3. The van der Waals surface area contributed by atoms with Crippen molar-refractivity contribution < 1.29 is 24.5 Å². The van der Waals surface area contributed by atoms with Crippen molar-refractivity contribution in [3.05, 3.63) is 54.6 Å². The summed E-state index contributed by atoms with van der Waals surface area (Å²) in [5, 5.41) is 28.7. The van der Waals surface area contributed by atoms with E-state index in [-0.39, 0.29) is 6.61 Å². The Bertz CT molecular complexity index is 867. The highest BCUT2D eigenvalue weighted by atomic mass is 16.4. The molecule has 2 atom stereocenters. The first-order valence-corrected chi connectivity index (χ1v) is 7.76. The molecule has 0 amide bonds. The number of benzene rings is 1. The Hall–Kier alpha value is -2.90. The Balaban J connectivity index is 2.23. The number of nitrogens with zero attached hydrogens (tertiary/aromatic N) is 2. The van der Waals surface area contributed by atoms with E-state index in [0.29, 0.717) is 22.9 Å². The number of hydrogen-bond acceptors (Lipinski definition) is 5. The third-order valence-electron chi connectivity index (χ3n) is 3.90. The predicted octanol–water partition coefficient (Wildman–Crippen LogP) is 2.31. The molecule has 25 heavy (non-hydrogen) atoms. The average molecular weight is 342 g/mol. The molecule has 0 aliphatic carbocycles. The number of rotatable bonds is 6. The summed E-state index contributed by atoms with van der Waals surface area (Å²) in [4.78, 5) is 16.0. The van der Waals surface area contributed by atoms with Crippen LogP contribution in [0.5, 0.6) is 0 Å². The molecule has 0 saturated carbocycles. The van der Waals surface area contributed by atoms with E-state index >= 15 is 0 Å².